The van der Waals surface area contributed by atoms with Gasteiger partial charge in [-0.05, 0) is 55.7 Å². The second-order valence-electron chi connectivity index (χ2n) is 11.0. The Labute approximate surface area is 245 Å². The van der Waals surface area contributed by atoms with Crippen LogP contribution in [0.5, 0.6) is 5.75 Å². The van der Waals surface area contributed by atoms with Crippen LogP contribution in [0.4, 0.5) is 22.9 Å². The van der Waals surface area contributed by atoms with E-state index in [0.29, 0.717) is 28.9 Å². The Kier molecular flexibility index (Phi) is 8.05. The van der Waals surface area contributed by atoms with Crippen LogP contribution in [-0.4, -0.2) is 59.1 Å². The summed E-state index contributed by atoms with van der Waals surface area (Å²) in [5, 5.41) is 11.8. The molecule has 1 amide bonds. The molecule has 2 N–H and O–H groups in total. The Morgan fingerprint density at radius 1 is 1.05 bits per heavy atom. The van der Waals surface area contributed by atoms with Gasteiger partial charge in [0.2, 0.25) is 5.91 Å². The van der Waals surface area contributed by atoms with Gasteiger partial charge in [0.25, 0.3) is 0 Å². The van der Waals surface area contributed by atoms with E-state index >= 15 is 0 Å². The lowest BCUT2D eigenvalue weighted by Crippen LogP contribution is -2.38. The van der Waals surface area contributed by atoms with Crippen LogP contribution < -0.4 is 20.3 Å². The summed E-state index contributed by atoms with van der Waals surface area (Å²) in [5.74, 6) is 2.45. The number of methoxy groups -OCH3 is 1. The first-order valence-electron chi connectivity index (χ1n) is 14.5. The summed E-state index contributed by atoms with van der Waals surface area (Å²) in [6.07, 6.45) is 9.22. The highest BCUT2D eigenvalue weighted by molar-refractivity contribution is 6.02. The van der Waals surface area contributed by atoms with Crippen molar-refractivity contribution in [2.75, 3.05) is 48.9 Å². The minimum atomic E-state index is -0.265. The van der Waals surface area contributed by atoms with E-state index in [2.05, 4.69) is 43.2 Å². The van der Waals surface area contributed by atoms with E-state index in [1.807, 2.05) is 48.3 Å². The predicted molar refractivity (Wildman–Crippen MR) is 165 cm³/mol. The summed E-state index contributed by atoms with van der Waals surface area (Å²) in [5.41, 5.74) is 5.08. The summed E-state index contributed by atoms with van der Waals surface area (Å²) in [6, 6.07) is 11.9. The van der Waals surface area contributed by atoms with E-state index in [4.69, 9.17) is 9.47 Å². The molecule has 2 aromatic carbocycles. The number of nitrogens with zero attached hydrogens (tertiary/aromatic N) is 5. The summed E-state index contributed by atoms with van der Waals surface area (Å²) < 4.78 is 13.3. The van der Waals surface area contributed by atoms with Crippen LogP contribution in [0, 0.1) is 11.8 Å². The second-order valence-corrected chi connectivity index (χ2v) is 11.0. The first-order valence-corrected chi connectivity index (χ1v) is 14.5. The zero-order valence-corrected chi connectivity index (χ0v) is 24.2. The molecule has 0 bridgehead atoms. The van der Waals surface area contributed by atoms with E-state index in [1.54, 1.807) is 7.11 Å². The molecule has 0 radical (unpaired) electrons. The lowest BCUT2D eigenvalue weighted by molar-refractivity contribution is -0.111. The normalized spacial score (nSPS) is 16.4. The zero-order valence-electron chi connectivity index (χ0n) is 24.2. The number of benzene rings is 2. The molecule has 6 rings (SSSR count). The van der Waals surface area contributed by atoms with Crippen LogP contribution in [-0.2, 0) is 16.6 Å². The average molecular weight is 568 g/mol. The maximum absolute atomic E-state index is 12.5. The molecule has 2 aromatic heterocycles. The minimum Gasteiger partial charge on any atom is -0.494 e. The van der Waals surface area contributed by atoms with E-state index in [9.17, 15) is 4.79 Å². The standard InChI is InChI=1S/C32H37N7O3/c1-4-32(40)37-26-16-27(30(41-3)18-29(26)39-11-7-21(8-12-39)22-9-13-42-14-10-22)36-31-17-25(33-20-34-31)23-5-6-24-19-35-38(2)28(24)15-23/h4-6,15-22H,1,7-14H2,2-3H3,(H,37,40)(H,33,34,36). The topological polar surface area (TPSA) is 106 Å². The van der Waals surface area contributed by atoms with Gasteiger partial charge in [0.05, 0.1) is 41.6 Å². The van der Waals surface area contributed by atoms with E-state index < -0.39 is 0 Å². The molecule has 0 spiro atoms. The number of rotatable bonds is 8. The number of carbonyl (C=O) groups is 1. The number of ether oxygens (including phenoxy) is 2. The Morgan fingerprint density at radius 2 is 1.83 bits per heavy atom. The number of nitrogens with one attached hydrogen (secondary N) is 2. The molecule has 4 aromatic rings. The molecule has 0 unspecified atom stereocenters. The highest BCUT2D eigenvalue weighted by atomic mass is 16.5. The van der Waals surface area contributed by atoms with Crippen molar-refractivity contribution in [1.29, 1.82) is 0 Å². The molecule has 0 aliphatic carbocycles. The molecule has 2 aliphatic rings. The molecule has 42 heavy (non-hydrogen) atoms. The van der Waals surface area contributed by atoms with Crippen molar-refractivity contribution >= 4 is 39.7 Å². The van der Waals surface area contributed by atoms with Gasteiger partial charge < -0.3 is 25.0 Å². The van der Waals surface area contributed by atoms with Crippen molar-refractivity contribution in [3.05, 3.63) is 61.6 Å². The van der Waals surface area contributed by atoms with Crippen LogP contribution in [0.15, 0.2) is 61.6 Å². The second kappa shape index (κ2) is 12.2. The maximum Gasteiger partial charge on any atom is 0.247 e. The summed E-state index contributed by atoms with van der Waals surface area (Å²) in [6.45, 7) is 7.24. The fourth-order valence-electron chi connectivity index (χ4n) is 6.21. The smallest absolute Gasteiger partial charge is 0.247 e. The predicted octanol–water partition coefficient (Wildman–Crippen LogP) is 5.55. The molecule has 0 atom stereocenters. The number of amides is 1. The van der Waals surface area contributed by atoms with Crippen molar-refractivity contribution in [1.82, 2.24) is 19.7 Å². The molecule has 4 heterocycles. The van der Waals surface area contributed by atoms with Crippen molar-refractivity contribution in [2.45, 2.75) is 25.7 Å². The van der Waals surface area contributed by atoms with Gasteiger partial charge >= 0.3 is 0 Å². The Balaban J connectivity index is 1.26. The minimum absolute atomic E-state index is 0.265. The number of hydrogen-bond donors (Lipinski definition) is 2. The van der Waals surface area contributed by atoms with Crippen molar-refractivity contribution in [3.8, 4) is 17.0 Å². The van der Waals surface area contributed by atoms with Crippen molar-refractivity contribution in [2.24, 2.45) is 18.9 Å². The first-order chi connectivity index (χ1) is 20.5. The fraction of sp³-hybridized carbons (Fsp3) is 0.375. The molecule has 2 saturated heterocycles. The van der Waals surface area contributed by atoms with Gasteiger partial charge in [-0.15, -0.1) is 0 Å². The largest absolute Gasteiger partial charge is 0.494 e. The quantitative estimate of drug-likeness (QED) is 0.267. The Morgan fingerprint density at radius 3 is 2.60 bits per heavy atom. The number of anilines is 4. The number of aromatic nitrogens is 4. The number of fused-ring (bicyclic) bond motifs is 1. The van der Waals surface area contributed by atoms with Crippen LogP contribution in [0.2, 0.25) is 0 Å². The molecule has 10 heteroatoms. The van der Waals surface area contributed by atoms with Crippen molar-refractivity contribution < 1.29 is 14.3 Å². The van der Waals surface area contributed by atoms with E-state index in [0.717, 1.165) is 85.8 Å². The monoisotopic (exact) mass is 567 g/mol. The number of hydrogen-bond acceptors (Lipinski definition) is 8. The van der Waals surface area contributed by atoms with Crippen LogP contribution in [0.1, 0.15) is 25.7 Å². The Hall–Kier alpha value is -4.44. The summed E-state index contributed by atoms with van der Waals surface area (Å²) >= 11 is 0. The molecule has 218 valence electrons. The molecule has 10 nitrogen and oxygen atoms in total. The number of aryl methyl sites for hydroxylation is 1. The first kappa shape index (κ1) is 27.7. The molecular formula is C32H37N7O3. The van der Waals surface area contributed by atoms with Gasteiger partial charge in [0.1, 0.15) is 17.9 Å². The highest BCUT2D eigenvalue weighted by Crippen LogP contribution is 2.41. The third kappa shape index (κ3) is 5.80. The zero-order chi connectivity index (χ0) is 29.1. The van der Waals surface area contributed by atoms with Crippen LogP contribution in [0.25, 0.3) is 22.2 Å². The molecule has 2 fully saturated rings. The van der Waals surface area contributed by atoms with Gasteiger partial charge in [-0.25, -0.2) is 9.97 Å². The lowest BCUT2D eigenvalue weighted by Gasteiger charge is -2.39. The fourth-order valence-corrected chi connectivity index (χ4v) is 6.21. The molecular weight excluding hydrogens is 530 g/mol. The number of carbonyl (C=O) groups excluding carboxylic acids is 1. The van der Waals surface area contributed by atoms with E-state index in [1.165, 1.54) is 12.4 Å². The maximum atomic E-state index is 12.5. The van der Waals surface area contributed by atoms with Crippen molar-refractivity contribution in [3.63, 3.8) is 0 Å². The summed E-state index contributed by atoms with van der Waals surface area (Å²) in [4.78, 5) is 23.8. The summed E-state index contributed by atoms with van der Waals surface area (Å²) in [7, 11) is 3.57. The van der Waals surface area contributed by atoms with Gasteiger partial charge in [-0.2, -0.15) is 5.10 Å². The average Bonchev–Trinajstić information content (AvgIpc) is 3.41. The molecule has 2 aliphatic heterocycles. The van der Waals surface area contributed by atoms with Gasteiger partial charge in [-0.3, -0.25) is 9.48 Å². The van der Waals surface area contributed by atoms with Gasteiger partial charge in [0.15, 0.2) is 0 Å². The van der Waals surface area contributed by atoms with Crippen LogP contribution >= 0.6 is 0 Å². The lowest BCUT2D eigenvalue weighted by atomic mass is 9.80. The highest BCUT2D eigenvalue weighted by Gasteiger charge is 2.29. The van der Waals surface area contributed by atoms with Gasteiger partial charge in [0, 0.05) is 56.4 Å². The number of piperidine rings is 1. The Bertz CT molecular complexity index is 1590. The third-order valence-corrected chi connectivity index (χ3v) is 8.55. The van der Waals surface area contributed by atoms with E-state index in [-0.39, 0.29) is 5.91 Å². The molecule has 0 saturated carbocycles. The van der Waals surface area contributed by atoms with Gasteiger partial charge in [-0.1, -0.05) is 18.7 Å². The SMILES string of the molecule is C=CC(=O)Nc1cc(Nc2cc(-c3ccc4cnn(C)c4c3)ncn2)c(OC)cc1N1CCC(C2CCOCC2)CC1. The van der Waals surface area contributed by atoms with Crippen LogP contribution in [0.3, 0.4) is 0 Å². The third-order valence-electron chi connectivity index (χ3n) is 8.55.